The van der Waals surface area contributed by atoms with E-state index in [1.807, 2.05) is 43.3 Å². The van der Waals surface area contributed by atoms with Gasteiger partial charge in [0.25, 0.3) is 0 Å². The van der Waals surface area contributed by atoms with Crippen molar-refractivity contribution in [3.63, 3.8) is 0 Å². The van der Waals surface area contributed by atoms with Gasteiger partial charge in [-0.05, 0) is 23.8 Å². The summed E-state index contributed by atoms with van der Waals surface area (Å²) in [5, 5.41) is 3.35. The Morgan fingerprint density at radius 3 is 2.82 bits per heavy atom. The summed E-state index contributed by atoms with van der Waals surface area (Å²) in [5.74, 6) is 1.13. The van der Waals surface area contributed by atoms with Crippen molar-refractivity contribution in [2.24, 2.45) is 0 Å². The molecule has 1 aromatic carbocycles. The van der Waals surface area contributed by atoms with Gasteiger partial charge in [0.05, 0.1) is 6.54 Å². The summed E-state index contributed by atoms with van der Waals surface area (Å²) >= 11 is 6.02. The second-order valence-corrected chi connectivity index (χ2v) is 5.21. The smallest absolute Gasteiger partial charge is 0.244 e. The number of anilines is 1. The average Bonchev–Trinajstić information content (AvgIpc) is 2.52. The summed E-state index contributed by atoms with van der Waals surface area (Å²) < 4.78 is 0. The van der Waals surface area contributed by atoms with Crippen LogP contribution in [0.3, 0.4) is 0 Å². The van der Waals surface area contributed by atoms with Crippen LogP contribution in [0.4, 0.5) is 5.82 Å². The van der Waals surface area contributed by atoms with Crippen molar-refractivity contribution in [2.45, 2.75) is 6.54 Å². The molecule has 5 nitrogen and oxygen atoms in total. The molecular formula is C16H17ClN4O. The number of carbonyl (C=O) groups is 1. The largest absolute Gasteiger partial charge is 0.363 e. The summed E-state index contributed by atoms with van der Waals surface area (Å²) in [5.41, 5.74) is 0.796. The van der Waals surface area contributed by atoms with Gasteiger partial charge in [-0.2, -0.15) is 0 Å². The number of aromatic nitrogens is 2. The number of hydrogen-bond donors (Lipinski definition) is 1. The van der Waals surface area contributed by atoms with Gasteiger partial charge in [0.2, 0.25) is 5.91 Å². The SMILES string of the molecule is CN(C)c1ccnc(CNC(=O)/C=C/c2ccccc2Cl)n1. The maximum absolute atomic E-state index is 11.8. The lowest BCUT2D eigenvalue weighted by Crippen LogP contribution is -2.22. The Morgan fingerprint density at radius 1 is 1.32 bits per heavy atom. The van der Waals surface area contributed by atoms with Crippen molar-refractivity contribution in [3.05, 3.63) is 59.0 Å². The van der Waals surface area contributed by atoms with E-state index in [0.29, 0.717) is 10.8 Å². The molecule has 0 atom stereocenters. The molecule has 0 unspecified atom stereocenters. The monoisotopic (exact) mass is 316 g/mol. The summed E-state index contributed by atoms with van der Waals surface area (Å²) in [4.78, 5) is 22.2. The second kappa shape index (κ2) is 7.56. The fourth-order valence-corrected chi connectivity index (χ4v) is 1.92. The lowest BCUT2D eigenvalue weighted by atomic mass is 10.2. The zero-order valence-corrected chi connectivity index (χ0v) is 13.2. The fraction of sp³-hybridized carbons (Fsp3) is 0.188. The second-order valence-electron chi connectivity index (χ2n) is 4.80. The van der Waals surface area contributed by atoms with Gasteiger partial charge >= 0.3 is 0 Å². The number of carbonyl (C=O) groups excluding carboxylic acids is 1. The molecule has 0 fully saturated rings. The number of nitrogens with zero attached hydrogens (tertiary/aromatic N) is 3. The molecule has 0 saturated carbocycles. The van der Waals surface area contributed by atoms with Gasteiger partial charge in [0, 0.05) is 31.4 Å². The van der Waals surface area contributed by atoms with Gasteiger partial charge in [0.15, 0.2) is 0 Å². The van der Waals surface area contributed by atoms with Crippen LogP contribution in [0.5, 0.6) is 0 Å². The standard InChI is InChI=1S/C16H17ClN4O/c1-21(2)15-9-10-18-14(20-15)11-19-16(22)8-7-12-5-3-4-6-13(12)17/h3-10H,11H2,1-2H3,(H,19,22)/b8-7+. The van der Waals surface area contributed by atoms with Crippen LogP contribution in [0.25, 0.3) is 6.08 Å². The minimum Gasteiger partial charge on any atom is -0.363 e. The molecule has 2 rings (SSSR count). The van der Waals surface area contributed by atoms with E-state index in [1.165, 1.54) is 6.08 Å². The minimum atomic E-state index is -0.223. The van der Waals surface area contributed by atoms with Crippen LogP contribution >= 0.6 is 11.6 Å². The quantitative estimate of drug-likeness (QED) is 0.861. The van der Waals surface area contributed by atoms with Crippen molar-refractivity contribution in [3.8, 4) is 0 Å². The molecule has 0 aliphatic heterocycles. The molecule has 1 heterocycles. The number of benzene rings is 1. The highest BCUT2D eigenvalue weighted by atomic mass is 35.5. The van der Waals surface area contributed by atoms with Crippen LogP contribution in [0.1, 0.15) is 11.4 Å². The maximum atomic E-state index is 11.8. The number of rotatable bonds is 5. The first-order valence-electron chi connectivity index (χ1n) is 6.76. The van der Waals surface area contributed by atoms with Crippen molar-refractivity contribution < 1.29 is 4.79 Å². The Hall–Kier alpha value is -2.40. The first-order valence-corrected chi connectivity index (χ1v) is 7.14. The molecule has 1 N–H and O–H groups in total. The Balaban J connectivity index is 1.93. The topological polar surface area (TPSA) is 58.1 Å². The van der Waals surface area contributed by atoms with Crippen molar-refractivity contribution >= 4 is 29.4 Å². The van der Waals surface area contributed by atoms with E-state index in [1.54, 1.807) is 18.3 Å². The van der Waals surface area contributed by atoms with Crippen LogP contribution in [-0.2, 0) is 11.3 Å². The minimum absolute atomic E-state index is 0.223. The first kappa shape index (κ1) is 16.0. The average molecular weight is 317 g/mol. The Kier molecular flexibility index (Phi) is 5.49. The van der Waals surface area contributed by atoms with Crippen molar-refractivity contribution in [2.75, 3.05) is 19.0 Å². The Labute approximate surface area is 134 Å². The lowest BCUT2D eigenvalue weighted by molar-refractivity contribution is -0.116. The highest BCUT2D eigenvalue weighted by Gasteiger charge is 2.03. The number of halogens is 1. The van der Waals surface area contributed by atoms with E-state index < -0.39 is 0 Å². The normalized spacial score (nSPS) is 10.7. The molecule has 0 aliphatic rings. The molecule has 0 spiro atoms. The summed E-state index contributed by atoms with van der Waals surface area (Å²) in [6.07, 6.45) is 4.79. The van der Waals surface area contributed by atoms with E-state index in [9.17, 15) is 4.79 Å². The molecule has 114 valence electrons. The number of amides is 1. The number of hydrogen-bond acceptors (Lipinski definition) is 4. The third-order valence-electron chi connectivity index (χ3n) is 2.89. The van der Waals surface area contributed by atoms with Gasteiger partial charge in [-0.15, -0.1) is 0 Å². The molecule has 0 bridgehead atoms. The maximum Gasteiger partial charge on any atom is 0.244 e. The van der Waals surface area contributed by atoms with Crippen LogP contribution < -0.4 is 10.2 Å². The third kappa shape index (κ3) is 4.56. The molecule has 0 radical (unpaired) electrons. The molecule has 1 aromatic heterocycles. The van der Waals surface area contributed by atoms with Crippen LogP contribution in [0, 0.1) is 0 Å². The molecule has 2 aromatic rings. The molecule has 1 amide bonds. The Bertz CT molecular complexity index is 685. The Morgan fingerprint density at radius 2 is 2.09 bits per heavy atom. The molecular weight excluding hydrogens is 300 g/mol. The van der Waals surface area contributed by atoms with E-state index in [-0.39, 0.29) is 12.5 Å². The van der Waals surface area contributed by atoms with E-state index in [4.69, 9.17) is 11.6 Å². The summed E-state index contributed by atoms with van der Waals surface area (Å²) in [6, 6.07) is 9.14. The highest BCUT2D eigenvalue weighted by Crippen LogP contribution is 2.16. The predicted molar refractivity (Wildman–Crippen MR) is 88.7 cm³/mol. The van der Waals surface area contributed by atoms with Crippen LogP contribution in [-0.4, -0.2) is 30.0 Å². The first-order chi connectivity index (χ1) is 10.6. The van der Waals surface area contributed by atoms with Crippen LogP contribution in [0.15, 0.2) is 42.6 Å². The zero-order valence-electron chi connectivity index (χ0n) is 12.5. The zero-order chi connectivity index (χ0) is 15.9. The third-order valence-corrected chi connectivity index (χ3v) is 3.23. The fourth-order valence-electron chi connectivity index (χ4n) is 1.72. The van der Waals surface area contributed by atoms with Crippen molar-refractivity contribution in [1.82, 2.24) is 15.3 Å². The molecule has 22 heavy (non-hydrogen) atoms. The molecule has 0 saturated heterocycles. The summed E-state index contributed by atoms with van der Waals surface area (Å²) in [6.45, 7) is 0.271. The van der Waals surface area contributed by atoms with Crippen molar-refractivity contribution in [1.29, 1.82) is 0 Å². The number of nitrogens with one attached hydrogen (secondary N) is 1. The van der Waals surface area contributed by atoms with Gasteiger partial charge < -0.3 is 10.2 Å². The predicted octanol–water partition coefficient (Wildman–Crippen LogP) is 2.53. The van der Waals surface area contributed by atoms with Gasteiger partial charge in [-0.1, -0.05) is 29.8 Å². The van der Waals surface area contributed by atoms with E-state index in [2.05, 4.69) is 15.3 Å². The highest BCUT2D eigenvalue weighted by molar-refractivity contribution is 6.32. The van der Waals surface area contributed by atoms with Gasteiger partial charge in [-0.25, -0.2) is 9.97 Å². The van der Waals surface area contributed by atoms with E-state index in [0.717, 1.165) is 11.4 Å². The lowest BCUT2D eigenvalue weighted by Gasteiger charge is -2.11. The van der Waals surface area contributed by atoms with E-state index >= 15 is 0 Å². The van der Waals surface area contributed by atoms with Crippen LogP contribution in [0.2, 0.25) is 5.02 Å². The molecule has 6 heteroatoms. The van der Waals surface area contributed by atoms with Gasteiger partial charge in [-0.3, -0.25) is 4.79 Å². The summed E-state index contributed by atoms with van der Waals surface area (Å²) in [7, 11) is 3.80. The van der Waals surface area contributed by atoms with Gasteiger partial charge in [0.1, 0.15) is 11.6 Å². The molecule has 0 aliphatic carbocycles.